The lowest BCUT2D eigenvalue weighted by Crippen LogP contribution is -2.45. The van der Waals surface area contributed by atoms with Crippen LogP contribution in [-0.4, -0.2) is 80.7 Å². The summed E-state index contributed by atoms with van der Waals surface area (Å²) >= 11 is 0. The van der Waals surface area contributed by atoms with Crippen molar-refractivity contribution in [1.29, 1.82) is 0 Å². The van der Waals surface area contributed by atoms with Crippen molar-refractivity contribution in [2.24, 2.45) is 0 Å². The molecule has 222 valence electrons. The molecule has 0 aromatic carbocycles. The van der Waals surface area contributed by atoms with Gasteiger partial charge in [0.05, 0.1) is 13.0 Å². The fourth-order valence-corrected chi connectivity index (χ4v) is 9.76. The molecule has 2 unspecified atom stereocenters. The first-order valence-electron chi connectivity index (χ1n) is 14.5. The molecule has 0 radical (unpaired) electrons. The predicted molar refractivity (Wildman–Crippen MR) is 157 cm³/mol. The molecule has 8 nitrogen and oxygen atoms in total. The number of nitrogens with one attached hydrogen (secondary N) is 2. The van der Waals surface area contributed by atoms with Gasteiger partial charge in [-0.15, -0.1) is 0 Å². The van der Waals surface area contributed by atoms with Crippen molar-refractivity contribution in [3.63, 3.8) is 0 Å². The van der Waals surface area contributed by atoms with Gasteiger partial charge in [-0.25, -0.2) is 0 Å². The van der Waals surface area contributed by atoms with Crippen LogP contribution in [0.25, 0.3) is 0 Å². The average molecular weight is 577 g/mol. The number of hydrogen-bond acceptors (Lipinski definition) is 9. The van der Waals surface area contributed by atoms with Gasteiger partial charge in [0.1, 0.15) is 5.60 Å². The molecule has 38 heavy (non-hydrogen) atoms. The first-order valence-corrected chi connectivity index (χ1v) is 16.6. The van der Waals surface area contributed by atoms with E-state index in [1.807, 2.05) is 42.4 Å². The highest BCUT2D eigenvalue weighted by atomic mass is 33.1. The number of rotatable bonds is 17. The number of carboxylic acid groups (broad SMARTS) is 1. The number of carbonyl (C=O) groups is 2. The molecule has 2 saturated carbocycles. The van der Waals surface area contributed by atoms with E-state index in [2.05, 4.69) is 10.6 Å². The van der Waals surface area contributed by atoms with E-state index in [0.29, 0.717) is 12.8 Å². The molecule has 0 amide bonds. The summed E-state index contributed by atoms with van der Waals surface area (Å²) in [6.07, 6.45) is 13.8. The molecule has 2 atom stereocenters. The van der Waals surface area contributed by atoms with Crippen molar-refractivity contribution in [3.8, 4) is 0 Å². The number of carbonyl (C=O) groups excluding carboxylic acids is 1. The van der Waals surface area contributed by atoms with E-state index in [1.54, 1.807) is 0 Å². The summed E-state index contributed by atoms with van der Waals surface area (Å²) in [5.41, 5.74) is -0.528. The third-order valence-corrected chi connectivity index (χ3v) is 11.9. The molecule has 0 heterocycles. The van der Waals surface area contributed by atoms with Gasteiger partial charge in [-0.1, -0.05) is 60.1 Å². The van der Waals surface area contributed by atoms with Crippen LogP contribution in [0.15, 0.2) is 0 Å². The summed E-state index contributed by atoms with van der Waals surface area (Å²) in [5, 5.41) is 35.2. The minimum Gasteiger partial charge on any atom is -0.480 e. The highest BCUT2D eigenvalue weighted by molar-refractivity contribution is 8.77. The number of carboxylic acids is 1. The van der Waals surface area contributed by atoms with Crippen molar-refractivity contribution >= 4 is 33.5 Å². The highest BCUT2D eigenvalue weighted by Crippen LogP contribution is 2.55. The van der Waals surface area contributed by atoms with Crippen LogP contribution in [0.1, 0.15) is 111 Å². The molecule has 0 saturated heterocycles. The molecule has 0 aromatic heterocycles. The fourth-order valence-electron chi connectivity index (χ4n) is 5.64. The van der Waals surface area contributed by atoms with Crippen LogP contribution in [-0.2, 0) is 14.3 Å². The predicted octanol–water partition coefficient (Wildman–Crippen LogP) is 4.66. The first kappa shape index (κ1) is 33.7. The molecular weight excluding hydrogens is 524 g/mol. The Morgan fingerprint density at radius 2 is 1.37 bits per heavy atom. The zero-order valence-electron chi connectivity index (χ0n) is 23.8. The van der Waals surface area contributed by atoms with Gasteiger partial charge in [0.15, 0.2) is 0 Å². The van der Waals surface area contributed by atoms with E-state index in [-0.39, 0.29) is 53.7 Å². The Balaban J connectivity index is 2.09. The van der Waals surface area contributed by atoms with E-state index < -0.39 is 11.6 Å². The summed E-state index contributed by atoms with van der Waals surface area (Å²) < 4.78 is 5.64. The lowest BCUT2D eigenvalue weighted by atomic mass is 9.83. The summed E-state index contributed by atoms with van der Waals surface area (Å²) in [6, 6.07) is -0.150. The minimum absolute atomic E-state index is 0.0219. The second-order valence-corrected chi connectivity index (χ2v) is 15.3. The topological polar surface area (TPSA) is 128 Å². The molecule has 2 rings (SSSR count). The molecule has 2 aliphatic rings. The standard InChI is InChI=1S/C28H52N2O6S2/c1-26(2,3)36-25(35)18-22(10-16-31)30-21-28(14-8-5-9-15-28)38-37-27(12-6-4-7-13-27)19-23(11-17-32)29-20-24(33)34/h22-23,29-32H,4-21H2,1-3H3,(H,33,34). The second-order valence-electron chi connectivity index (χ2n) is 12.2. The maximum Gasteiger partial charge on any atom is 0.317 e. The Labute approximate surface area is 237 Å². The van der Waals surface area contributed by atoms with Crippen molar-refractivity contribution in [2.75, 3.05) is 26.3 Å². The van der Waals surface area contributed by atoms with Gasteiger partial charge in [-0.3, -0.25) is 9.59 Å². The van der Waals surface area contributed by atoms with E-state index in [1.165, 1.54) is 38.5 Å². The van der Waals surface area contributed by atoms with E-state index in [0.717, 1.165) is 38.6 Å². The molecule has 10 heteroatoms. The quantitative estimate of drug-likeness (QED) is 0.123. The first-order chi connectivity index (χ1) is 18.0. The lowest BCUT2D eigenvalue weighted by Gasteiger charge is -2.44. The summed E-state index contributed by atoms with van der Waals surface area (Å²) in [4.78, 5) is 23.7. The number of aliphatic hydroxyl groups is 2. The SMILES string of the molecule is CC(C)(C)OC(=O)CC(CCO)NCC1(SSC2(CC(CCO)NCC(=O)O)CCCCC2)CCCCC1. The zero-order chi connectivity index (χ0) is 28.1. The second kappa shape index (κ2) is 16.7. The number of ether oxygens (including phenoxy) is 1. The Hall–Kier alpha value is -0.520. The van der Waals surface area contributed by atoms with Crippen molar-refractivity contribution in [1.82, 2.24) is 10.6 Å². The van der Waals surface area contributed by atoms with Crippen LogP contribution in [0.3, 0.4) is 0 Å². The van der Waals surface area contributed by atoms with E-state index in [4.69, 9.17) is 4.74 Å². The van der Waals surface area contributed by atoms with Crippen LogP contribution in [0.2, 0.25) is 0 Å². The van der Waals surface area contributed by atoms with Gasteiger partial charge in [0.2, 0.25) is 0 Å². The average Bonchev–Trinajstić information content (AvgIpc) is 2.85. The maximum atomic E-state index is 12.5. The Morgan fingerprint density at radius 3 is 1.89 bits per heavy atom. The third-order valence-electron chi connectivity index (χ3n) is 7.59. The molecular formula is C28H52N2O6S2. The van der Waals surface area contributed by atoms with Gasteiger partial charge in [0, 0.05) is 41.3 Å². The van der Waals surface area contributed by atoms with Gasteiger partial charge in [-0.05, 0) is 65.7 Å². The Morgan fingerprint density at radius 1 is 0.842 bits per heavy atom. The molecule has 0 aromatic rings. The number of hydrogen-bond donors (Lipinski definition) is 5. The van der Waals surface area contributed by atoms with Crippen LogP contribution in [0.4, 0.5) is 0 Å². The highest BCUT2D eigenvalue weighted by Gasteiger charge is 2.41. The molecule has 2 fully saturated rings. The van der Waals surface area contributed by atoms with E-state index >= 15 is 0 Å². The molecule has 2 aliphatic carbocycles. The van der Waals surface area contributed by atoms with Crippen LogP contribution in [0, 0.1) is 0 Å². The van der Waals surface area contributed by atoms with Crippen molar-refractivity contribution < 1.29 is 29.6 Å². The molecule has 0 spiro atoms. The van der Waals surface area contributed by atoms with E-state index in [9.17, 15) is 24.9 Å². The number of aliphatic hydroxyl groups excluding tert-OH is 2. The molecule has 0 bridgehead atoms. The summed E-state index contributed by atoms with van der Waals surface area (Å²) in [6.45, 7) is 6.37. The Kier molecular flexibility index (Phi) is 14.8. The van der Waals surface area contributed by atoms with Gasteiger partial charge in [-0.2, -0.15) is 0 Å². The summed E-state index contributed by atoms with van der Waals surface area (Å²) in [5.74, 6) is -1.11. The minimum atomic E-state index is -0.872. The molecule has 0 aliphatic heterocycles. The molecule has 5 N–H and O–H groups in total. The zero-order valence-corrected chi connectivity index (χ0v) is 25.4. The van der Waals surface area contributed by atoms with Crippen molar-refractivity contribution in [2.45, 2.75) is 138 Å². The summed E-state index contributed by atoms with van der Waals surface area (Å²) in [7, 11) is 3.98. The maximum absolute atomic E-state index is 12.5. The number of aliphatic carboxylic acids is 1. The van der Waals surface area contributed by atoms with Gasteiger partial charge >= 0.3 is 11.9 Å². The van der Waals surface area contributed by atoms with Crippen LogP contribution in [0.5, 0.6) is 0 Å². The largest absolute Gasteiger partial charge is 0.480 e. The van der Waals surface area contributed by atoms with Crippen LogP contribution < -0.4 is 10.6 Å². The monoisotopic (exact) mass is 576 g/mol. The number of esters is 1. The van der Waals surface area contributed by atoms with Crippen molar-refractivity contribution in [3.05, 3.63) is 0 Å². The fraction of sp³-hybridized carbons (Fsp3) is 0.929. The van der Waals surface area contributed by atoms with Crippen LogP contribution >= 0.6 is 21.6 Å². The normalized spacial score (nSPS) is 21.0. The van der Waals surface area contributed by atoms with Gasteiger partial charge < -0.3 is 30.7 Å². The smallest absolute Gasteiger partial charge is 0.317 e. The Bertz CT molecular complexity index is 706. The lowest BCUT2D eigenvalue weighted by molar-refractivity contribution is -0.155. The third kappa shape index (κ3) is 12.8. The van der Waals surface area contributed by atoms with Gasteiger partial charge in [0.25, 0.3) is 0 Å².